The molecule has 1 saturated heterocycles. The summed E-state index contributed by atoms with van der Waals surface area (Å²) in [7, 11) is 1.77. The highest BCUT2D eigenvalue weighted by Gasteiger charge is 2.32. The second kappa shape index (κ2) is 7.29. The quantitative estimate of drug-likeness (QED) is 0.787. The molecule has 1 fully saturated rings. The van der Waals surface area contributed by atoms with Crippen molar-refractivity contribution >= 4 is 11.8 Å². The number of hydrogen-bond donors (Lipinski definition) is 0. The summed E-state index contributed by atoms with van der Waals surface area (Å²) in [6.45, 7) is 4.75. The number of carbonyl (C=O) groups is 2. The van der Waals surface area contributed by atoms with Crippen LogP contribution in [0, 0.1) is 13.8 Å². The highest BCUT2D eigenvalue weighted by Crippen LogP contribution is 2.30. The molecule has 150 valence electrons. The first-order valence-electron chi connectivity index (χ1n) is 8.85. The molecule has 6 nitrogen and oxygen atoms in total. The van der Waals surface area contributed by atoms with Gasteiger partial charge in [-0.3, -0.25) is 14.3 Å². The van der Waals surface area contributed by atoms with Crippen LogP contribution in [0.25, 0.3) is 0 Å². The van der Waals surface area contributed by atoms with Crippen LogP contribution in [0.15, 0.2) is 24.3 Å². The van der Waals surface area contributed by atoms with Crippen molar-refractivity contribution in [3.63, 3.8) is 0 Å². The molecule has 0 bridgehead atoms. The van der Waals surface area contributed by atoms with Crippen molar-refractivity contribution in [1.29, 1.82) is 0 Å². The van der Waals surface area contributed by atoms with Crippen molar-refractivity contribution in [2.75, 3.05) is 26.2 Å². The van der Waals surface area contributed by atoms with Gasteiger partial charge in [-0.15, -0.1) is 0 Å². The third kappa shape index (κ3) is 3.74. The van der Waals surface area contributed by atoms with Gasteiger partial charge in [-0.05, 0) is 32.0 Å². The van der Waals surface area contributed by atoms with Crippen molar-refractivity contribution in [2.24, 2.45) is 7.05 Å². The lowest BCUT2D eigenvalue weighted by Gasteiger charge is -2.35. The normalized spacial score (nSPS) is 15.1. The number of carbonyl (C=O) groups excluding carboxylic acids is 2. The predicted molar refractivity (Wildman–Crippen MR) is 95.9 cm³/mol. The molecule has 0 aliphatic carbocycles. The third-order valence-electron chi connectivity index (χ3n) is 5.01. The van der Waals surface area contributed by atoms with Crippen LogP contribution in [0.4, 0.5) is 13.2 Å². The van der Waals surface area contributed by atoms with Crippen molar-refractivity contribution < 1.29 is 22.8 Å². The van der Waals surface area contributed by atoms with Crippen molar-refractivity contribution in [1.82, 2.24) is 19.6 Å². The van der Waals surface area contributed by atoms with E-state index in [9.17, 15) is 22.8 Å². The summed E-state index contributed by atoms with van der Waals surface area (Å²) in [6, 6.07) is 4.40. The Hall–Kier alpha value is -2.84. The van der Waals surface area contributed by atoms with E-state index in [0.717, 1.165) is 17.8 Å². The molecule has 0 saturated carbocycles. The number of piperazine rings is 1. The molecule has 1 aromatic heterocycles. The van der Waals surface area contributed by atoms with Crippen LogP contribution in [0.5, 0.6) is 0 Å². The van der Waals surface area contributed by atoms with E-state index in [-0.39, 0.29) is 24.6 Å². The number of benzene rings is 1. The highest BCUT2D eigenvalue weighted by molar-refractivity contribution is 5.97. The number of aryl methyl sites for hydroxylation is 2. The zero-order valence-corrected chi connectivity index (χ0v) is 15.9. The Morgan fingerprint density at radius 3 is 2.07 bits per heavy atom. The molecule has 3 rings (SSSR count). The van der Waals surface area contributed by atoms with Crippen LogP contribution in [-0.4, -0.2) is 57.6 Å². The van der Waals surface area contributed by atoms with E-state index in [1.165, 1.54) is 17.0 Å². The van der Waals surface area contributed by atoms with E-state index in [0.29, 0.717) is 24.3 Å². The fourth-order valence-electron chi connectivity index (χ4n) is 3.36. The Bertz CT molecular complexity index is 912. The van der Waals surface area contributed by atoms with Gasteiger partial charge in [0.15, 0.2) is 0 Å². The standard InChI is InChI=1S/C19H21F3N4O2/c1-12-16(13(2)24(3)23-12)18(28)26-9-7-25(8-10-26)17(27)14-5-4-6-15(11-14)19(20,21)22/h4-6,11H,7-10H2,1-3H3. The van der Waals surface area contributed by atoms with Crippen LogP contribution >= 0.6 is 0 Å². The molecular formula is C19H21F3N4O2. The molecule has 1 aromatic carbocycles. The minimum atomic E-state index is -4.50. The Morgan fingerprint density at radius 1 is 1.00 bits per heavy atom. The van der Waals surface area contributed by atoms with Crippen LogP contribution in [-0.2, 0) is 13.2 Å². The van der Waals surface area contributed by atoms with Gasteiger partial charge in [-0.1, -0.05) is 6.07 Å². The monoisotopic (exact) mass is 394 g/mol. The van der Waals surface area contributed by atoms with Gasteiger partial charge in [0.05, 0.1) is 16.8 Å². The number of halogens is 3. The number of alkyl halides is 3. The first-order valence-corrected chi connectivity index (χ1v) is 8.85. The van der Waals surface area contributed by atoms with E-state index in [1.54, 1.807) is 23.6 Å². The van der Waals surface area contributed by atoms with Crippen molar-refractivity contribution in [3.05, 3.63) is 52.3 Å². The molecule has 1 aliphatic rings. The molecule has 0 spiro atoms. The third-order valence-corrected chi connectivity index (χ3v) is 5.01. The summed E-state index contributed by atoms with van der Waals surface area (Å²) in [5, 5.41) is 4.25. The second-order valence-electron chi connectivity index (χ2n) is 6.83. The van der Waals surface area contributed by atoms with Gasteiger partial charge in [0.2, 0.25) is 0 Å². The first-order chi connectivity index (χ1) is 13.1. The van der Waals surface area contributed by atoms with Gasteiger partial charge >= 0.3 is 6.18 Å². The number of rotatable bonds is 2. The van der Waals surface area contributed by atoms with E-state index < -0.39 is 17.6 Å². The number of amides is 2. The second-order valence-corrected chi connectivity index (χ2v) is 6.83. The smallest absolute Gasteiger partial charge is 0.335 e. The number of nitrogens with zero attached hydrogens (tertiary/aromatic N) is 4. The Labute approximate surface area is 160 Å². The molecule has 9 heteroatoms. The number of hydrogen-bond acceptors (Lipinski definition) is 3. The lowest BCUT2D eigenvalue weighted by atomic mass is 10.1. The minimum absolute atomic E-state index is 0.00597. The van der Waals surface area contributed by atoms with Gasteiger partial charge in [0, 0.05) is 44.5 Å². The van der Waals surface area contributed by atoms with Crippen LogP contribution < -0.4 is 0 Å². The summed E-state index contributed by atoms with van der Waals surface area (Å²) in [4.78, 5) is 28.5. The van der Waals surface area contributed by atoms with E-state index in [4.69, 9.17) is 0 Å². The van der Waals surface area contributed by atoms with Crippen LogP contribution in [0.3, 0.4) is 0 Å². The van der Waals surface area contributed by atoms with Crippen molar-refractivity contribution in [3.8, 4) is 0 Å². The van der Waals surface area contributed by atoms with Gasteiger partial charge < -0.3 is 9.80 Å². The Balaban J connectivity index is 1.68. The molecule has 2 heterocycles. The lowest BCUT2D eigenvalue weighted by molar-refractivity contribution is -0.137. The molecule has 0 radical (unpaired) electrons. The van der Waals surface area contributed by atoms with Gasteiger partial charge in [0.25, 0.3) is 11.8 Å². The van der Waals surface area contributed by atoms with E-state index in [2.05, 4.69) is 5.10 Å². The Kier molecular flexibility index (Phi) is 5.18. The number of aromatic nitrogens is 2. The molecule has 2 aromatic rings. The first kappa shape index (κ1) is 19.9. The summed E-state index contributed by atoms with van der Waals surface area (Å²) in [5.41, 5.74) is 1.11. The summed E-state index contributed by atoms with van der Waals surface area (Å²) < 4.78 is 40.2. The predicted octanol–water partition coefficient (Wildman–Crippen LogP) is 2.65. The average Bonchev–Trinajstić information content (AvgIpc) is 2.92. The molecule has 0 unspecified atom stereocenters. The van der Waals surface area contributed by atoms with E-state index >= 15 is 0 Å². The maximum absolute atomic E-state index is 12.9. The molecule has 2 amide bonds. The zero-order valence-electron chi connectivity index (χ0n) is 15.9. The molecular weight excluding hydrogens is 373 g/mol. The van der Waals surface area contributed by atoms with Crippen molar-refractivity contribution in [2.45, 2.75) is 20.0 Å². The van der Waals surface area contributed by atoms with E-state index in [1.807, 2.05) is 6.92 Å². The van der Waals surface area contributed by atoms with Crippen LogP contribution in [0.1, 0.15) is 37.7 Å². The molecule has 28 heavy (non-hydrogen) atoms. The lowest BCUT2D eigenvalue weighted by Crippen LogP contribution is -2.50. The Morgan fingerprint density at radius 2 is 1.57 bits per heavy atom. The fourth-order valence-corrected chi connectivity index (χ4v) is 3.36. The minimum Gasteiger partial charge on any atom is -0.335 e. The summed E-state index contributed by atoms with van der Waals surface area (Å²) >= 11 is 0. The largest absolute Gasteiger partial charge is 0.416 e. The highest BCUT2D eigenvalue weighted by atomic mass is 19.4. The maximum Gasteiger partial charge on any atom is 0.416 e. The average molecular weight is 394 g/mol. The molecule has 1 aliphatic heterocycles. The summed E-state index contributed by atoms with van der Waals surface area (Å²) in [6.07, 6.45) is -4.50. The maximum atomic E-state index is 12.9. The molecule has 0 atom stereocenters. The molecule has 0 N–H and O–H groups in total. The topological polar surface area (TPSA) is 58.4 Å². The van der Waals surface area contributed by atoms with Gasteiger partial charge in [0.1, 0.15) is 0 Å². The van der Waals surface area contributed by atoms with Gasteiger partial charge in [-0.25, -0.2) is 0 Å². The SMILES string of the molecule is Cc1nn(C)c(C)c1C(=O)N1CCN(C(=O)c2cccc(C(F)(F)F)c2)CC1. The fraction of sp³-hybridized carbons (Fsp3) is 0.421. The summed E-state index contributed by atoms with van der Waals surface area (Å²) in [5.74, 6) is -0.610. The van der Waals surface area contributed by atoms with Gasteiger partial charge in [-0.2, -0.15) is 18.3 Å². The van der Waals surface area contributed by atoms with Crippen LogP contribution in [0.2, 0.25) is 0 Å². The zero-order chi connectivity index (χ0) is 20.6.